The highest BCUT2D eigenvalue weighted by Crippen LogP contribution is 2.39. The average Bonchev–Trinajstić information content (AvgIpc) is 2.00. The lowest BCUT2D eigenvalue weighted by atomic mass is 10.0. The van der Waals surface area contributed by atoms with Crippen LogP contribution >= 0.6 is 21.6 Å². The molecule has 0 spiro atoms. The van der Waals surface area contributed by atoms with Crippen molar-refractivity contribution in [2.75, 3.05) is 5.75 Å². The number of nitrogens with two attached hydrogens (primary N) is 1. The molecule has 0 aromatic rings. The topological polar surface area (TPSA) is 26.0 Å². The molecule has 0 aliphatic heterocycles. The van der Waals surface area contributed by atoms with Gasteiger partial charge in [0.05, 0.1) is 0 Å². The predicted molar refractivity (Wildman–Crippen MR) is 71.8 cm³/mol. The minimum atomic E-state index is 0.338. The Balaban J connectivity index is 3.61. The number of rotatable bonds is 7. The smallest absolute Gasteiger partial charge is 0.0208 e. The van der Waals surface area contributed by atoms with Crippen LogP contribution < -0.4 is 5.73 Å². The summed E-state index contributed by atoms with van der Waals surface area (Å²) in [4.78, 5) is 0. The van der Waals surface area contributed by atoms with Crippen LogP contribution in [-0.4, -0.2) is 16.5 Å². The Morgan fingerprint density at radius 3 is 2.21 bits per heavy atom. The summed E-state index contributed by atoms with van der Waals surface area (Å²) in [5, 5.41) is 0. The van der Waals surface area contributed by atoms with Gasteiger partial charge in [-0.25, -0.2) is 0 Å². The van der Waals surface area contributed by atoms with Crippen molar-refractivity contribution in [1.29, 1.82) is 0 Å². The second-order valence-corrected chi connectivity index (χ2v) is 8.09. The van der Waals surface area contributed by atoms with E-state index in [2.05, 4.69) is 34.6 Å². The molecule has 0 saturated heterocycles. The van der Waals surface area contributed by atoms with Crippen LogP contribution in [0.3, 0.4) is 0 Å². The van der Waals surface area contributed by atoms with Gasteiger partial charge in [0, 0.05) is 16.5 Å². The van der Waals surface area contributed by atoms with Crippen molar-refractivity contribution >= 4 is 21.6 Å². The van der Waals surface area contributed by atoms with Crippen LogP contribution in [0.2, 0.25) is 0 Å². The third-order valence-corrected chi connectivity index (χ3v) is 5.58. The van der Waals surface area contributed by atoms with E-state index in [-0.39, 0.29) is 0 Å². The molecular formula is C11H25NS2. The van der Waals surface area contributed by atoms with Crippen molar-refractivity contribution in [3.63, 3.8) is 0 Å². The Morgan fingerprint density at radius 1 is 1.21 bits per heavy atom. The van der Waals surface area contributed by atoms with Crippen LogP contribution in [0.25, 0.3) is 0 Å². The summed E-state index contributed by atoms with van der Waals surface area (Å²) in [6, 6.07) is 0.338. The first-order valence-corrected chi connectivity index (χ1v) is 7.71. The third-order valence-electron chi connectivity index (χ3n) is 1.89. The van der Waals surface area contributed by atoms with Gasteiger partial charge in [0.15, 0.2) is 0 Å². The van der Waals surface area contributed by atoms with Gasteiger partial charge in [0.25, 0.3) is 0 Å². The molecule has 2 N–H and O–H groups in total. The van der Waals surface area contributed by atoms with Crippen molar-refractivity contribution in [2.24, 2.45) is 11.7 Å². The first kappa shape index (κ1) is 14.7. The largest absolute Gasteiger partial charge is 0.328 e. The minimum absolute atomic E-state index is 0.338. The van der Waals surface area contributed by atoms with Gasteiger partial charge < -0.3 is 5.73 Å². The molecule has 0 aliphatic rings. The zero-order valence-electron chi connectivity index (χ0n) is 10.2. The molecule has 0 heterocycles. The Hall–Kier alpha value is 0.660. The first-order chi connectivity index (χ1) is 6.33. The molecule has 0 radical (unpaired) electrons. The van der Waals surface area contributed by atoms with Gasteiger partial charge in [-0.3, -0.25) is 0 Å². The van der Waals surface area contributed by atoms with Crippen molar-refractivity contribution in [1.82, 2.24) is 0 Å². The summed E-state index contributed by atoms with van der Waals surface area (Å²) in [5.74, 6) is 2.03. The quantitative estimate of drug-likeness (QED) is 0.677. The Bertz CT molecular complexity index is 144. The van der Waals surface area contributed by atoms with E-state index in [4.69, 9.17) is 5.73 Å². The van der Waals surface area contributed by atoms with Crippen molar-refractivity contribution in [2.45, 2.75) is 58.2 Å². The van der Waals surface area contributed by atoms with Gasteiger partial charge in [-0.15, -0.1) is 0 Å². The van der Waals surface area contributed by atoms with Crippen LogP contribution in [0.5, 0.6) is 0 Å². The van der Waals surface area contributed by atoms with E-state index in [0.717, 1.165) is 12.3 Å². The molecule has 14 heavy (non-hydrogen) atoms. The lowest BCUT2D eigenvalue weighted by molar-refractivity contribution is 0.550. The Morgan fingerprint density at radius 2 is 1.79 bits per heavy atom. The maximum Gasteiger partial charge on any atom is 0.0208 e. The van der Waals surface area contributed by atoms with Crippen LogP contribution in [0, 0.1) is 5.92 Å². The Kier molecular flexibility index (Phi) is 7.35. The van der Waals surface area contributed by atoms with Gasteiger partial charge in [-0.1, -0.05) is 35.4 Å². The lowest BCUT2D eigenvalue weighted by Gasteiger charge is -2.24. The van der Waals surface area contributed by atoms with E-state index in [1.165, 1.54) is 12.2 Å². The summed E-state index contributed by atoms with van der Waals surface area (Å²) in [5.41, 5.74) is 5.76. The van der Waals surface area contributed by atoms with Gasteiger partial charge in [0.2, 0.25) is 0 Å². The summed E-state index contributed by atoms with van der Waals surface area (Å²) in [6.45, 7) is 11.2. The van der Waals surface area contributed by atoms with Gasteiger partial charge >= 0.3 is 0 Å². The average molecular weight is 235 g/mol. The van der Waals surface area contributed by atoms with E-state index in [1.54, 1.807) is 0 Å². The maximum atomic E-state index is 5.76. The van der Waals surface area contributed by atoms with Crippen LogP contribution in [0.1, 0.15) is 47.5 Å². The predicted octanol–water partition coefficient (Wildman–Crippen LogP) is 3.93. The molecule has 3 heteroatoms. The molecule has 86 valence electrons. The number of hydrogen-bond acceptors (Lipinski definition) is 3. The van der Waals surface area contributed by atoms with Crippen molar-refractivity contribution in [3.05, 3.63) is 0 Å². The summed E-state index contributed by atoms with van der Waals surface area (Å²) >= 11 is 0. The molecular weight excluding hydrogens is 210 g/mol. The first-order valence-electron chi connectivity index (χ1n) is 5.39. The zero-order chi connectivity index (χ0) is 11.2. The molecule has 1 nitrogen and oxygen atoms in total. The summed E-state index contributed by atoms with van der Waals surface area (Å²) < 4.78 is 0.368. The van der Waals surface area contributed by atoms with Gasteiger partial charge in [0.1, 0.15) is 0 Å². The molecule has 1 atom stereocenters. The molecule has 1 unspecified atom stereocenters. The van der Waals surface area contributed by atoms with E-state index in [1.807, 2.05) is 21.6 Å². The highest BCUT2D eigenvalue weighted by Gasteiger charge is 2.19. The Labute approximate surface area is 97.4 Å². The maximum absolute atomic E-state index is 5.76. The molecule has 0 saturated carbocycles. The highest BCUT2D eigenvalue weighted by molar-refractivity contribution is 8.77. The number of hydrogen-bond donors (Lipinski definition) is 1. The van der Waals surface area contributed by atoms with Crippen molar-refractivity contribution < 1.29 is 0 Å². The molecule has 0 aliphatic carbocycles. The molecule has 0 fully saturated rings. The second kappa shape index (κ2) is 7.02. The fourth-order valence-electron chi connectivity index (χ4n) is 0.947. The molecule has 0 bridgehead atoms. The lowest BCUT2D eigenvalue weighted by Crippen LogP contribution is -2.21. The van der Waals surface area contributed by atoms with E-state index < -0.39 is 0 Å². The molecule has 0 rings (SSSR count). The van der Waals surface area contributed by atoms with Crippen LogP contribution in [-0.2, 0) is 0 Å². The third kappa shape index (κ3) is 9.22. The second-order valence-electron chi connectivity index (χ2n) is 5.04. The van der Waals surface area contributed by atoms with E-state index in [0.29, 0.717) is 10.8 Å². The monoisotopic (exact) mass is 235 g/mol. The highest BCUT2D eigenvalue weighted by atomic mass is 33.1. The van der Waals surface area contributed by atoms with Gasteiger partial charge in [-0.05, 0) is 39.5 Å². The van der Waals surface area contributed by atoms with E-state index in [9.17, 15) is 0 Å². The van der Waals surface area contributed by atoms with Crippen molar-refractivity contribution in [3.8, 4) is 0 Å². The normalized spacial score (nSPS) is 14.8. The van der Waals surface area contributed by atoms with Gasteiger partial charge in [-0.2, -0.15) is 0 Å². The summed E-state index contributed by atoms with van der Waals surface area (Å²) in [6.07, 6.45) is 2.34. The standard InChI is InChI=1S/C11H25NS2/c1-9(2)8-13-14-11(4,5)7-6-10(3)12/h9-10H,6-8,12H2,1-5H3. The molecule has 0 aromatic heterocycles. The molecule has 0 aromatic carbocycles. The SMILES string of the molecule is CC(C)CSSC(C)(C)CCC(C)N. The van der Waals surface area contributed by atoms with E-state index >= 15 is 0 Å². The molecule has 0 amide bonds. The van der Waals surface area contributed by atoms with Crippen LogP contribution in [0.15, 0.2) is 0 Å². The fraction of sp³-hybridized carbons (Fsp3) is 1.00. The van der Waals surface area contributed by atoms with Crippen LogP contribution in [0.4, 0.5) is 0 Å². The minimum Gasteiger partial charge on any atom is -0.328 e. The fourth-order valence-corrected chi connectivity index (χ4v) is 4.03. The zero-order valence-corrected chi connectivity index (χ0v) is 11.8. The summed E-state index contributed by atoms with van der Waals surface area (Å²) in [7, 11) is 4.01.